The van der Waals surface area contributed by atoms with Crippen LogP contribution in [0.1, 0.15) is 113 Å². The summed E-state index contributed by atoms with van der Waals surface area (Å²) in [5, 5.41) is 9.03. The third-order valence-corrected chi connectivity index (χ3v) is 11.4. The number of nitrogens with one attached hydrogen (secondary N) is 3. The molecule has 0 unspecified atom stereocenters. The number of piperidine rings is 1. The Kier molecular flexibility index (Phi) is 17.3. The lowest BCUT2D eigenvalue weighted by atomic mass is 9.88. The molecule has 12 nitrogen and oxygen atoms in total. The standard InChI is InChI=1S/C47H69N5O7/c1-30(2)26-38(49-46(58)59-47(7,8)9)18-17-37(27-34-14-11-10-12-15-34)45(57)52-22-13-16-40(52)44(56)50-39(43(55)48-31(3)4)28-35-19-23-51(24-20-35)25-21-36-29-41(53)32(5)33(6)42(36)54/h10-12,14-15,17-18,29-31,35,37-40H,13,16,19-28H2,1-9H3,(H,48,55)(H,49,58)(H,50,56)/b18-17+/t37-,38-,39+,40+/m1/s1. The SMILES string of the molecule is CC1=C(C)C(=O)C(CCN2CCC(C[C@H](NC(=O)[C@@H]3CCCN3C(=O)[C@H](/C=C/[C@H](CC(C)C)NC(=O)OC(C)(C)C)Cc3ccccc3)C(=O)NC(C)C)CC2)=CC1=O. The molecular weight excluding hydrogens is 747 g/mol. The van der Waals surface area contributed by atoms with Crippen LogP contribution in [0.25, 0.3) is 0 Å². The van der Waals surface area contributed by atoms with Gasteiger partial charge in [-0.3, -0.25) is 24.0 Å². The quantitative estimate of drug-likeness (QED) is 0.123. The van der Waals surface area contributed by atoms with E-state index in [1.807, 2.05) is 77.1 Å². The Labute approximate surface area is 352 Å². The predicted molar refractivity (Wildman–Crippen MR) is 230 cm³/mol. The molecule has 2 saturated heterocycles. The monoisotopic (exact) mass is 816 g/mol. The normalized spacial score (nSPS) is 19.9. The van der Waals surface area contributed by atoms with Crippen molar-refractivity contribution in [2.75, 3.05) is 26.2 Å². The van der Waals surface area contributed by atoms with E-state index in [1.54, 1.807) is 18.7 Å². The lowest BCUT2D eigenvalue weighted by molar-refractivity contribution is -0.141. The molecule has 4 amide bonds. The number of hydrogen-bond donors (Lipinski definition) is 3. The van der Waals surface area contributed by atoms with Crippen molar-refractivity contribution in [2.45, 2.75) is 143 Å². The van der Waals surface area contributed by atoms with Crippen molar-refractivity contribution in [3.63, 3.8) is 0 Å². The molecule has 1 aromatic rings. The Bertz CT molecular complexity index is 1750. The van der Waals surface area contributed by atoms with E-state index in [0.29, 0.717) is 68.3 Å². The van der Waals surface area contributed by atoms with Crippen LogP contribution < -0.4 is 16.0 Å². The second-order valence-corrected chi connectivity index (χ2v) is 18.4. The number of carbonyl (C=O) groups excluding carboxylic acids is 6. The molecule has 1 aromatic carbocycles. The van der Waals surface area contributed by atoms with Crippen molar-refractivity contribution in [1.82, 2.24) is 25.8 Å². The average Bonchev–Trinajstić information content (AvgIpc) is 3.66. The molecule has 0 aromatic heterocycles. The Morgan fingerprint density at radius 1 is 0.881 bits per heavy atom. The summed E-state index contributed by atoms with van der Waals surface area (Å²) in [7, 11) is 0. The number of amides is 4. The number of carbonyl (C=O) groups is 6. The van der Waals surface area contributed by atoms with E-state index in [-0.39, 0.29) is 53.2 Å². The van der Waals surface area contributed by atoms with E-state index >= 15 is 0 Å². The number of Topliss-reactive ketones (excluding diaryl/α,β-unsaturated/α-hetero) is 1. The maximum atomic E-state index is 14.5. The second-order valence-electron chi connectivity index (χ2n) is 18.4. The van der Waals surface area contributed by atoms with Gasteiger partial charge in [-0.05, 0) is 136 Å². The number of ether oxygens (including phenoxy) is 1. The maximum Gasteiger partial charge on any atom is 0.408 e. The molecular formula is C47H69N5O7. The molecule has 2 fully saturated rings. The molecule has 0 radical (unpaired) electrons. The summed E-state index contributed by atoms with van der Waals surface area (Å²) < 4.78 is 5.53. The van der Waals surface area contributed by atoms with Gasteiger partial charge >= 0.3 is 6.09 Å². The molecule has 2 aliphatic heterocycles. The molecule has 3 N–H and O–H groups in total. The molecule has 4 atom stereocenters. The zero-order valence-corrected chi connectivity index (χ0v) is 36.9. The van der Waals surface area contributed by atoms with Crippen molar-refractivity contribution in [2.24, 2.45) is 17.8 Å². The average molecular weight is 816 g/mol. The summed E-state index contributed by atoms with van der Waals surface area (Å²) in [6.45, 7) is 19.4. The molecule has 0 spiro atoms. The third kappa shape index (κ3) is 14.6. The molecule has 0 saturated carbocycles. The van der Waals surface area contributed by atoms with Gasteiger partial charge in [0, 0.05) is 35.9 Å². The van der Waals surface area contributed by atoms with Gasteiger partial charge in [0.15, 0.2) is 11.6 Å². The Hall–Kier alpha value is -4.58. The van der Waals surface area contributed by atoms with Crippen LogP contribution >= 0.6 is 0 Å². The van der Waals surface area contributed by atoms with E-state index < -0.39 is 29.7 Å². The number of hydrogen-bond acceptors (Lipinski definition) is 8. The highest BCUT2D eigenvalue weighted by Gasteiger charge is 2.39. The smallest absolute Gasteiger partial charge is 0.408 e. The van der Waals surface area contributed by atoms with Gasteiger partial charge in [-0.1, -0.05) is 56.3 Å². The van der Waals surface area contributed by atoms with E-state index in [9.17, 15) is 28.8 Å². The van der Waals surface area contributed by atoms with Crippen molar-refractivity contribution >= 4 is 35.4 Å². The first kappa shape index (κ1) is 47.1. The molecule has 12 heteroatoms. The number of allylic oxidation sites excluding steroid dienone is 3. The van der Waals surface area contributed by atoms with Crippen LogP contribution in [-0.4, -0.2) is 101 Å². The minimum atomic E-state index is -0.760. The van der Waals surface area contributed by atoms with Gasteiger partial charge in [-0.15, -0.1) is 0 Å². The van der Waals surface area contributed by atoms with Crippen molar-refractivity contribution in [3.05, 3.63) is 70.8 Å². The van der Waals surface area contributed by atoms with Crippen LogP contribution in [-0.2, 0) is 35.1 Å². The molecule has 0 bridgehead atoms. The predicted octanol–water partition coefficient (Wildman–Crippen LogP) is 6.25. The number of likely N-dealkylation sites (tertiary alicyclic amines) is 2. The highest BCUT2D eigenvalue weighted by Crippen LogP contribution is 2.27. The molecule has 59 heavy (non-hydrogen) atoms. The van der Waals surface area contributed by atoms with Gasteiger partial charge in [0.25, 0.3) is 0 Å². The molecule has 3 aliphatic rings. The van der Waals surface area contributed by atoms with Gasteiger partial charge in [0.2, 0.25) is 17.7 Å². The van der Waals surface area contributed by atoms with Gasteiger partial charge in [-0.25, -0.2) is 4.79 Å². The summed E-state index contributed by atoms with van der Waals surface area (Å²) in [4.78, 5) is 84.1. The third-order valence-electron chi connectivity index (χ3n) is 11.4. The van der Waals surface area contributed by atoms with E-state index in [0.717, 1.165) is 31.5 Å². The number of benzene rings is 1. The number of ketones is 2. The topological polar surface area (TPSA) is 154 Å². The first-order chi connectivity index (χ1) is 27.8. The zero-order chi connectivity index (χ0) is 43.4. The highest BCUT2D eigenvalue weighted by molar-refractivity contribution is 6.22. The summed E-state index contributed by atoms with van der Waals surface area (Å²) in [5.41, 5.74) is 1.91. The highest BCUT2D eigenvalue weighted by atomic mass is 16.6. The fourth-order valence-corrected chi connectivity index (χ4v) is 8.10. The van der Waals surface area contributed by atoms with Crippen LogP contribution in [0.2, 0.25) is 0 Å². The minimum absolute atomic E-state index is 0.0553. The summed E-state index contributed by atoms with van der Waals surface area (Å²) in [6, 6.07) is 7.79. The summed E-state index contributed by atoms with van der Waals surface area (Å²) >= 11 is 0. The molecule has 4 rings (SSSR count). The molecule has 1 aliphatic carbocycles. The van der Waals surface area contributed by atoms with Crippen LogP contribution in [0.15, 0.2) is 65.3 Å². The minimum Gasteiger partial charge on any atom is -0.444 e. The van der Waals surface area contributed by atoms with Crippen molar-refractivity contribution in [1.29, 1.82) is 0 Å². The maximum absolute atomic E-state index is 14.5. The van der Waals surface area contributed by atoms with Crippen LogP contribution in [0, 0.1) is 17.8 Å². The molecule has 2 heterocycles. The Morgan fingerprint density at radius 3 is 2.19 bits per heavy atom. The molecule has 324 valence electrons. The summed E-state index contributed by atoms with van der Waals surface area (Å²) in [6.07, 6.45) is 9.55. The van der Waals surface area contributed by atoms with Crippen LogP contribution in [0.3, 0.4) is 0 Å². The fourth-order valence-electron chi connectivity index (χ4n) is 8.10. The van der Waals surface area contributed by atoms with Gasteiger partial charge in [-0.2, -0.15) is 0 Å². The first-order valence-corrected chi connectivity index (χ1v) is 21.6. The Morgan fingerprint density at radius 2 is 1.56 bits per heavy atom. The zero-order valence-electron chi connectivity index (χ0n) is 36.9. The van der Waals surface area contributed by atoms with Crippen molar-refractivity contribution < 1.29 is 33.5 Å². The van der Waals surface area contributed by atoms with E-state index in [4.69, 9.17) is 4.74 Å². The van der Waals surface area contributed by atoms with E-state index in [1.165, 1.54) is 6.08 Å². The lowest BCUT2D eigenvalue weighted by Gasteiger charge is -2.34. The van der Waals surface area contributed by atoms with Crippen molar-refractivity contribution in [3.8, 4) is 0 Å². The van der Waals surface area contributed by atoms with Crippen LogP contribution in [0.4, 0.5) is 4.79 Å². The summed E-state index contributed by atoms with van der Waals surface area (Å²) in [5.74, 6) is -1.04. The van der Waals surface area contributed by atoms with Gasteiger partial charge in [0.1, 0.15) is 17.7 Å². The first-order valence-electron chi connectivity index (χ1n) is 21.6. The fraction of sp³-hybridized carbons (Fsp3) is 0.617. The Balaban J connectivity index is 1.44. The lowest BCUT2D eigenvalue weighted by Crippen LogP contribution is -2.55. The van der Waals surface area contributed by atoms with Gasteiger partial charge in [0.05, 0.1) is 12.0 Å². The number of alkyl carbamates (subject to hydrolysis) is 1. The largest absolute Gasteiger partial charge is 0.444 e. The van der Waals surface area contributed by atoms with E-state index in [2.05, 4.69) is 34.7 Å². The number of rotatable bonds is 17. The second kappa shape index (κ2) is 21.6. The van der Waals surface area contributed by atoms with Crippen LogP contribution in [0.5, 0.6) is 0 Å². The number of nitrogens with zero attached hydrogens (tertiary/aromatic N) is 2. The van der Waals surface area contributed by atoms with Gasteiger partial charge < -0.3 is 30.5 Å².